The van der Waals surface area contributed by atoms with E-state index in [2.05, 4.69) is 0 Å². The van der Waals surface area contributed by atoms with Crippen LogP contribution in [0.25, 0.3) is 16.9 Å². The molecular weight excluding hydrogens is 514 g/mol. The number of ketones is 2. The highest BCUT2D eigenvalue weighted by Crippen LogP contribution is 2.53. The van der Waals surface area contributed by atoms with Gasteiger partial charge in [-0.15, -0.1) is 0 Å². The number of hydrogen-bond acceptors (Lipinski definition) is 9. The van der Waals surface area contributed by atoms with Gasteiger partial charge in [-0.25, -0.2) is 0 Å². The van der Waals surface area contributed by atoms with Crippen LogP contribution in [0, 0.1) is 11.8 Å². The first kappa shape index (κ1) is 27.6. The average molecular weight is 548 g/mol. The number of phenols is 1. The van der Waals surface area contributed by atoms with Crippen molar-refractivity contribution in [2.45, 2.75) is 31.0 Å². The van der Waals surface area contributed by atoms with Crippen LogP contribution in [0.15, 0.2) is 53.3 Å². The first-order chi connectivity index (χ1) is 18.8. The number of fused-ring (bicyclic) bond motifs is 3. The number of primary amides is 1. The van der Waals surface area contributed by atoms with Crippen molar-refractivity contribution in [1.29, 1.82) is 0 Å². The summed E-state index contributed by atoms with van der Waals surface area (Å²) in [5.41, 5.74) is 5.15. The second kappa shape index (κ2) is 9.58. The van der Waals surface area contributed by atoms with Gasteiger partial charge in [-0.05, 0) is 81.3 Å². The number of aromatic hydroxyl groups is 1. The number of nitrogens with zero attached hydrogens (tertiary/aromatic N) is 2. The fourth-order valence-electron chi connectivity index (χ4n) is 6.72. The Hall–Kier alpha value is -3.99. The molecule has 0 aromatic heterocycles. The van der Waals surface area contributed by atoms with Gasteiger partial charge >= 0.3 is 0 Å². The highest BCUT2D eigenvalue weighted by Gasteiger charge is 2.64. The lowest BCUT2D eigenvalue weighted by Gasteiger charge is -2.50. The highest BCUT2D eigenvalue weighted by molar-refractivity contribution is 6.24. The Bertz CT molecular complexity index is 1520. The number of likely N-dealkylation sites (N-methyl/N-ethyl adjacent to an activating group) is 1. The van der Waals surface area contributed by atoms with Crippen molar-refractivity contribution in [3.8, 4) is 16.9 Å². The molecule has 3 aliphatic rings. The minimum absolute atomic E-state index is 0.0432. The van der Waals surface area contributed by atoms with E-state index < -0.39 is 58.0 Å². The van der Waals surface area contributed by atoms with Gasteiger partial charge in [0.1, 0.15) is 22.8 Å². The third kappa shape index (κ3) is 3.94. The van der Waals surface area contributed by atoms with Gasteiger partial charge in [-0.1, -0.05) is 24.3 Å². The SMILES string of the molecule is CN(C)Cc1cccc(-c2ccc(O)c3c2C[C@@H]2C[C@@H]4[C@@H](N(C)C)C(=O)C(C(N)=O)=C(O)[C@]4(O)C(=O)C2=C3O)c1. The monoisotopic (exact) mass is 547 g/mol. The maximum absolute atomic E-state index is 14.0. The number of phenolic OH excluding ortho intramolecular Hbond substituents is 1. The van der Waals surface area contributed by atoms with Crippen molar-refractivity contribution in [1.82, 2.24) is 9.80 Å². The van der Waals surface area contributed by atoms with E-state index in [1.165, 1.54) is 11.0 Å². The topological polar surface area (TPSA) is 165 Å². The second-order valence-corrected chi connectivity index (χ2v) is 11.4. The smallest absolute Gasteiger partial charge is 0.255 e. The Morgan fingerprint density at radius 1 is 1.07 bits per heavy atom. The summed E-state index contributed by atoms with van der Waals surface area (Å²) in [5.74, 6) is -6.64. The van der Waals surface area contributed by atoms with Crippen LogP contribution < -0.4 is 5.73 Å². The fourth-order valence-corrected chi connectivity index (χ4v) is 6.72. The molecule has 0 saturated heterocycles. The van der Waals surface area contributed by atoms with Crippen molar-refractivity contribution in [2.24, 2.45) is 17.6 Å². The van der Waals surface area contributed by atoms with Crippen LogP contribution in [0.2, 0.25) is 0 Å². The third-order valence-corrected chi connectivity index (χ3v) is 8.34. The Labute approximate surface area is 231 Å². The van der Waals surface area contributed by atoms with Gasteiger partial charge in [-0.2, -0.15) is 0 Å². The van der Waals surface area contributed by atoms with Crippen molar-refractivity contribution >= 4 is 23.2 Å². The molecule has 2 aromatic carbocycles. The van der Waals surface area contributed by atoms with E-state index in [1.807, 2.05) is 43.3 Å². The molecule has 2 aromatic rings. The predicted molar refractivity (Wildman–Crippen MR) is 147 cm³/mol. The first-order valence-corrected chi connectivity index (χ1v) is 13.0. The number of hydrogen-bond donors (Lipinski definition) is 5. The van der Waals surface area contributed by atoms with Crippen LogP contribution >= 0.6 is 0 Å². The predicted octanol–water partition coefficient (Wildman–Crippen LogP) is 1.69. The van der Waals surface area contributed by atoms with Crippen molar-refractivity contribution < 1.29 is 34.8 Å². The van der Waals surface area contributed by atoms with Crippen LogP contribution in [0.5, 0.6) is 5.75 Å². The van der Waals surface area contributed by atoms with Crippen LogP contribution in [0.3, 0.4) is 0 Å². The maximum atomic E-state index is 14.0. The Morgan fingerprint density at radius 3 is 2.40 bits per heavy atom. The molecule has 0 spiro atoms. The third-order valence-electron chi connectivity index (χ3n) is 8.34. The molecule has 0 aliphatic heterocycles. The lowest BCUT2D eigenvalue weighted by Crippen LogP contribution is -2.65. The molecule has 0 unspecified atom stereocenters. The molecule has 5 rings (SSSR count). The number of rotatable bonds is 5. The van der Waals surface area contributed by atoms with Crippen molar-refractivity contribution in [3.05, 3.63) is 70.0 Å². The molecule has 1 fully saturated rings. The van der Waals surface area contributed by atoms with Gasteiger partial charge in [0.2, 0.25) is 5.78 Å². The summed E-state index contributed by atoms with van der Waals surface area (Å²) < 4.78 is 0. The fraction of sp³-hybridized carbons (Fsp3) is 0.367. The van der Waals surface area contributed by atoms with E-state index in [-0.39, 0.29) is 29.7 Å². The molecule has 4 atom stereocenters. The highest BCUT2D eigenvalue weighted by atomic mass is 16.3. The van der Waals surface area contributed by atoms with Crippen LogP contribution in [0.4, 0.5) is 0 Å². The van der Waals surface area contributed by atoms with Gasteiger partial charge in [0, 0.05) is 18.0 Å². The minimum atomic E-state index is -2.65. The summed E-state index contributed by atoms with van der Waals surface area (Å²) >= 11 is 0. The Balaban J connectivity index is 1.70. The zero-order valence-electron chi connectivity index (χ0n) is 22.8. The second-order valence-electron chi connectivity index (χ2n) is 11.4. The molecule has 1 saturated carbocycles. The molecule has 210 valence electrons. The quantitative estimate of drug-likeness (QED) is 0.350. The molecule has 1 amide bonds. The number of benzene rings is 2. The largest absolute Gasteiger partial charge is 0.508 e. The van der Waals surface area contributed by atoms with Crippen LogP contribution in [0.1, 0.15) is 23.1 Å². The average Bonchev–Trinajstić information content (AvgIpc) is 2.85. The zero-order chi connectivity index (χ0) is 29.3. The number of amides is 1. The van der Waals surface area contributed by atoms with Gasteiger partial charge < -0.3 is 31.1 Å². The van der Waals surface area contributed by atoms with Crippen molar-refractivity contribution in [3.63, 3.8) is 0 Å². The number of carbonyl (C=O) groups is 3. The molecule has 0 bridgehead atoms. The molecule has 10 heteroatoms. The molecule has 3 aliphatic carbocycles. The van der Waals surface area contributed by atoms with E-state index in [1.54, 1.807) is 20.2 Å². The standard InChI is InChI=1S/C30H33N3O7/c1-32(2)13-14-6-5-7-15(10-14)17-8-9-20(34)22-18(17)11-16-12-19-24(33(3)4)26(36)23(29(31)39)28(38)30(19,40)27(37)21(16)25(22)35/h5-10,16,19,24,34-35,38,40H,11-13H2,1-4H3,(H2,31,39)/t16-,19-,24-,30-/m1/s1. The Morgan fingerprint density at radius 2 is 1.77 bits per heavy atom. The van der Waals surface area contributed by atoms with E-state index in [0.717, 1.165) is 16.7 Å². The van der Waals surface area contributed by atoms with Crippen LogP contribution in [-0.4, -0.2) is 87.5 Å². The summed E-state index contributed by atoms with van der Waals surface area (Å²) in [6.07, 6.45) is 0.276. The minimum Gasteiger partial charge on any atom is -0.508 e. The molecule has 0 heterocycles. The van der Waals surface area contributed by atoms with E-state index >= 15 is 0 Å². The van der Waals surface area contributed by atoms with Crippen LogP contribution in [-0.2, 0) is 27.3 Å². The van der Waals surface area contributed by atoms with Gasteiger partial charge in [-0.3, -0.25) is 19.3 Å². The summed E-state index contributed by atoms with van der Waals surface area (Å²) in [7, 11) is 7.09. The summed E-state index contributed by atoms with van der Waals surface area (Å²) in [5, 5.41) is 45.0. The molecule has 0 radical (unpaired) electrons. The van der Waals surface area contributed by atoms with Gasteiger partial charge in [0.05, 0.1) is 11.6 Å². The van der Waals surface area contributed by atoms with Gasteiger partial charge in [0.15, 0.2) is 11.4 Å². The first-order valence-electron chi connectivity index (χ1n) is 13.0. The summed E-state index contributed by atoms with van der Waals surface area (Å²) in [4.78, 5) is 42.9. The molecule has 10 nitrogen and oxygen atoms in total. The Kier molecular flexibility index (Phi) is 6.60. The number of carbonyl (C=O) groups excluding carboxylic acids is 3. The lowest BCUT2D eigenvalue weighted by molar-refractivity contribution is -0.153. The summed E-state index contributed by atoms with van der Waals surface area (Å²) in [6, 6.07) is 9.99. The number of aliphatic hydroxyl groups excluding tert-OH is 2. The molecule has 40 heavy (non-hydrogen) atoms. The lowest BCUT2D eigenvalue weighted by atomic mass is 9.57. The maximum Gasteiger partial charge on any atom is 0.255 e. The van der Waals surface area contributed by atoms with E-state index in [4.69, 9.17) is 5.73 Å². The van der Waals surface area contributed by atoms with Gasteiger partial charge in [0.25, 0.3) is 5.91 Å². The van der Waals surface area contributed by atoms with E-state index in [0.29, 0.717) is 12.1 Å². The van der Waals surface area contributed by atoms with E-state index in [9.17, 15) is 34.8 Å². The number of Topliss-reactive ketones (excluding diaryl/α,β-unsaturated/α-hetero) is 2. The normalized spacial score (nSPS) is 26.2. The number of nitrogens with two attached hydrogens (primary N) is 1. The summed E-state index contributed by atoms with van der Waals surface area (Å²) in [6.45, 7) is 0.713. The molecular formula is C30H33N3O7. The zero-order valence-corrected chi connectivity index (χ0v) is 22.8. The van der Waals surface area contributed by atoms with Crippen molar-refractivity contribution in [2.75, 3.05) is 28.2 Å². The number of aliphatic hydroxyl groups is 3. The molecule has 6 N–H and O–H groups in total.